The molecule has 0 radical (unpaired) electrons. The summed E-state index contributed by atoms with van der Waals surface area (Å²) < 4.78 is 5.51. The van der Waals surface area contributed by atoms with Crippen molar-refractivity contribution < 1.29 is 9.84 Å². The minimum absolute atomic E-state index is 0.312. The molecule has 0 fully saturated rings. The van der Waals surface area contributed by atoms with E-state index >= 15 is 0 Å². The van der Waals surface area contributed by atoms with Gasteiger partial charge < -0.3 is 15.2 Å². The number of aliphatic hydroxyl groups is 1. The number of benzene rings is 1. The van der Waals surface area contributed by atoms with Crippen LogP contribution in [0.15, 0.2) is 36.4 Å². The van der Waals surface area contributed by atoms with Crippen LogP contribution in [0.4, 0.5) is 0 Å². The van der Waals surface area contributed by atoms with Crippen molar-refractivity contribution in [3.05, 3.63) is 42.0 Å². The van der Waals surface area contributed by atoms with Gasteiger partial charge in [-0.05, 0) is 37.1 Å². The zero-order valence-corrected chi connectivity index (χ0v) is 10.6. The Labute approximate surface area is 103 Å². The summed E-state index contributed by atoms with van der Waals surface area (Å²) in [6, 6.07) is 7.93. The van der Waals surface area contributed by atoms with Crippen LogP contribution in [0.3, 0.4) is 0 Å². The topological polar surface area (TPSA) is 41.5 Å². The second kappa shape index (κ2) is 7.09. The molecule has 0 spiro atoms. The monoisotopic (exact) mass is 235 g/mol. The molecule has 3 nitrogen and oxygen atoms in total. The summed E-state index contributed by atoms with van der Waals surface area (Å²) in [6.07, 6.45) is -0.312. The van der Waals surface area contributed by atoms with E-state index in [0.717, 1.165) is 17.9 Å². The van der Waals surface area contributed by atoms with Gasteiger partial charge >= 0.3 is 0 Å². The number of hydrogen-bond donors (Lipinski definition) is 2. The maximum absolute atomic E-state index is 9.11. The van der Waals surface area contributed by atoms with E-state index in [1.54, 1.807) is 6.92 Å². The van der Waals surface area contributed by atoms with Gasteiger partial charge in [-0.2, -0.15) is 0 Å². The van der Waals surface area contributed by atoms with Crippen molar-refractivity contribution in [2.24, 2.45) is 0 Å². The summed E-state index contributed by atoms with van der Waals surface area (Å²) in [4.78, 5) is 0. The predicted molar refractivity (Wildman–Crippen MR) is 70.1 cm³/mol. The lowest BCUT2D eigenvalue weighted by Gasteiger charge is -2.08. The zero-order chi connectivity index (χ0) is 12.7. The van der Waals surface area contributed by atoms with Crippen LogP contribution >= 0.6 is 0 Å². The SMILES string of the molecule is C=C(C)COc1ccc(CNCC(C)O)cc1. The molecule has 94 valence electrons. The number of aliphatic hydroxyl groups excluding tert-OH is 1. The third-order valence-electron chi connectivity index (χ3n) is 2.18. The first-order chi connectivity index (χ1) is 8.08. The zero-order valence-electron chi connectivity index (χ0n) is 10.6. The first kappa shape index (κ1) is 13.7. The molecule has 1 atom stereocenters. The van der Waals surface area contributed by atoms with Crippen molar-refractivity contribution in [3.63, 3.8) is 0 Å². The lowest BCUT2D eigenvalue weighted by Crippen LogP contribution is -2.23. The van der Waals surface area contributed by atoms with Crippen molar-refractivity contribution in [3.8, 4) is 5.75 Å². The summed E-state index contributed by atoms with van der Waals surface area (Å²) in [6.45, 7) is 9.41. The van der Waals surface area contributed by atoms with E-state index < -0.39 is 0 Å². The molecule has 0 bridgehead atoms. The molecule has 2 N–H and O–H groups in total. The first-order valence-corrected chi connectivity index (χ1v) is 5.83. The number of rotatable bonds is 7. The molecule has 3 heteroatoms. The van der Waals surface area contributed by atoms with E-state index in [0.29, 0.717) is 13.2 Å². The second-order valence-corrected chi connectivity index (χ2v) is 4.37. The van der Waals surface area contributed by atoms with E-state index in [9.17, 15) is 0 Å². The molecule has 0 saturated carbocycles. The quantitative estimate of drug-likeness (QED) is 0.711. The average molecular weight is 235 g/mol. The Hall–Kier alpha value is -1.32. The Morgan fingerprint density at radius 3 is 2.59 bits per heavy atom. The van der Waals surface area contributed by atoms with Gasteiger partial charge in [0.25, 0.3) is 0 Å². The fourth-order valence-electron chi connectivity index (χ4n) is 1.34. The van der Waals surface area contributed by atoms with Gasteiger partial charge in [-0.1, -0.05) is 18.7 Å². The molecule has 1 unspecified atom stereocenters. The van der Waals surface area contributed by atoms with Crippen molar-refractivity contribution in [2.75, 3.05) is 13.2 Å². The third kappa shape index (κ3) is 6.09. The maximum Gasteiger partial charge on any atom is 0.119 e. The molecule has 0 aliphatic heterocycles. The lowest BCUT2D eigenvalue weighted by molar-refractivity contribution is 0.191. The van der Waals surface area contributed by atoms with E-state index in [4.69, 9.17) is 9.84 Å². The molecule has 0 aliphatic carbocycles. The van der Waals surface area contributed by atoms with Gasteiger partial charge in [0.15, 0.2) is 0 Å². The summed E-state index contributed by atoms with van der Waals surface area (Å²) >= 11 is 0. The molecular weight excluding hydrogens is 214 g/mol. The van der Waals surface area contributed by atoms with Crippen LogP contribution in [0.5, 0.6) is 5.75 Å². The highest BCUT2D eigenvalue weighted by molar-refractivity contribution is 5.27. The van der Waals surface area contributed by atoms with Crippen molar-refractivity contribution in [1.82, 2.24) is 5.32 Å². The molecule has 0 amide bonds. The van der Waals surface area contributed by atoms with Crippen molar-refractivity contribution in [2.45, 2.75) is 26.5 Å². The van der Waals surface area contributed by atoms with E-state index in [1.165, 1.54) is 5.56 Å². The van der Waals surface area contributed by atoms with E-state index in [-0.39, 0.29) is 6.10 Å². The maximum atomic E-state index is 9.11. The van der Waals surface area contributed by atoms with Gasteiger partial charge in [0.2, 0.25) is 0 Å². The van der Waals surface area contributed by atoms with Gasteiger partial charge in [0, 0.05) is 13.1 Å². The molecule has 1 aromatic rings. The number of hydrogen-bond acceptors (Lipinski definition) is 3. The summed E-state index contributed by atoms with van der Waals surface area (Å²) in [5, 5.41) is 12.3. The Kier molecular flexibility index (Phi) is 5.73. The predicted octanol–water partition coefficient (Wildman–Crippen LogP) is 2.11. The molecule has 0 aromatic heterocycles. The Bertz CT molecular complexity index is 344. The highest BCUT2D eigenvalue weighted by atomic mass is 16.5. The van der Waals surface area contributed by atoms with Crippen LogP contribution in [-0.2, 0) is 6.54 Å². The van der Waals surface area contributed by atoms with Crippen LogP contribution in [0, 0.1) is 0 Å². The average Bonchev–Trinajstić information content (AvgIpc) is 2.27. The van der Waals surface area contributed by atoms with Gasteiger partial charge in [0.1, 0.15) is 12.4 Å². The van der Waals surface area contributed by atoms with Crippen LogP contribution in [-0.4, -0.2) is 24.4 Å². The molecule has 0 saturated heterocycles. The Morgan fingerprint density at radius 1 is 1.41 bits per heavy atom. The van der Waals surface area contributed by atoms with Crippen LogP contribution < -0.4 is 10.1 Å². The van der Waals surface area contributed by atoms with Gasteiger partial charge in [-0.25, -0.2) is 0 Å². The van der Waals surface area contributed by atoms with E-state index in [1.807, 2.05) is 31.2 Å². The van der Waals surface area contributed by atoms with Crippen molar-refractivity contribution >= 4 is 0 Å². The number of ether oxygens (including phenoxy) is 1. The van der Waals surface area contributed by atoms with E-state index in [2.05, 4.69) is 11.9 Å². The van der Waals surface area contributed by atoms with Crippen molar-refractivity contribution in [1.29, 1.82) is 0 Å². The Balaban J connectivity index is 2.36. The smallest absolute Gasteiger partial charge is 0.119 e. The highest BCUT2D eigenvalue weighted by Crippen LogP contribution is 2.12. The normalized spacial score (nSPS) is 12.2. The molecule has 17 heavy (non-hydrogen) atoms. The molecular formula is C14H21NO2. The summed E-state index contributed by atoms with van der Waals surface area (Å²) in [5.74, 6) is 0.854. The molecule has 0 aliphatic rings. The fourth-order valence-corrected chi connectivity index (χ4v) is 1.34. The van der Waals surface area contributed by atoms with Gasteiger partial charge in [-0.3, -0.25) is 0 Å². The lowest BCUT2D eigenvalue weighted by atomic mass is 10.2. The Morgan fingerprint density at radius 2 is 2.06 bits per heavy atom. The standard InChI is InChI=1S/C14H21NO2/c1-11(2)10-17-14-6-4-13(5-7-14)9-15-8-12(3)16/h4-7,12,15-16H,1,8-10H2,2-3H3. The fraction of sp³-hybridized carbons (Fsp3) is 0.429. The third-order valence-corrected chi connectivity index (χ3v) is 2.18. The minimum atomic E-state index is -0.312. The molecule has 1 rings (SSSR count). The number of nitrogens with one attached hydrogen (secondary N) is 1. The highest BCUT2D eigenvalue weighted by Gasteiger charge is 1.97. The minimum Gasteiger partial charge on any atom is -0.489 e. The first-order valence-electron chi connectivity index (χ1n) is 5.83. The molecule has 1 aromatic carbocycles. The van der Waals surface area contributed by atoms with Gasteiger partial charge in [-0.15, -0.1) is 0 Å². The van der Waals surface area contributed by atoms with Gasteiger partial charge in [0.05, 0.1) is 6.10 Å². The van der Waals surface area contributed by atoms with Crippen LogP contribution in [0.25, 0.3) is 0 Å². The van der Waals surface area contributed by atoms with Crippen LogP contribution in [0.2, 0.25) is 0 Å². The largest absolute Gasteiger partial charge is 0.489 e. The second-order valence-electron chi connectivity index (χ2n) is 4.37. The molecule has 0 heterocycles. The summed E-state index contributed by atoms with van der Waals surface area (Å²) in [7, 11) is 0. The summed E-state index contributed by atoms with van der Waals surface area (Å²) in [5.41, 5.74) is 2.18. The van der Waals surface area contributed by atoms with Crippen LogP contribution in [0.1, 0.15) is 19.4 Å².